The molecule has 10 heteroatoms. The van der Waals surface area contributed by atoms with Crippen molar-refractivity contribution in [3.63, 3.8) is 0 Å². The van der Waals surface area contributed by atoms with E-state index in [1.165, 1.54) is 11.6 Å². The average Bonchev–Trinajstić information content (AvgIpc) is 2.95. The Labute approximate surface area is 236 Å². The zero-order valence-electron chi connectivity index (χ0n) is 22.6. The fourth-order valence-corrected chi connectivity index (χ4v) is 7.55. The van der Waals surface area contributed by atoms with Crippen molar-refractivity contribution >= 4 is 27.8 Å². The third-order valence-electron chi connectivity index (χ3n) is 8.13. The van der Waals surface area contributed by atoms with Gasteiger partial charge in [0, 0.05) is 38.3 Å². The molecule has 2 aromatic carbocycles. The number of hydrogen-bond acceptors (Lipinski definition) is 6. The van der Waals surface area contributed by atoms with Gasteiger partial charge < -0.3 is 18.7 Å². The van der Waals surface area contributed by atoms with Crippen molar-refractivity contribution in [2.45, 2.75) is 62.4 Å². The van der Waals surface area contributed by atoms with Crippen LogP contribution in [0.1, 0.15) is 43.7 Å². The molecule has 0 N–H and O–H groups in total. The number of benzene rings is 2. The van der Waals surface area contributed by atoms with Gasteiger partial charge in [-0.2, -0.15) is 8.42 Å². The molecular weight excluding hydrogens is 538 g/mol. The lowest BCUT2D eigenvalue weighted by atomic mass is 9.86. The fourth-order valence-electron chi connectivity index (χ4n) is 6.13. The van der Waals surface area contributed by atoms with E-state index in [1.807, 2.05) is 21.9 Å². The summed E-state index contributed by atoms with van der Waals surface area (Å²) in [7, 11) is -4.03. The molecule has 0 saturated carbocycles. The Morgan fingerprint density at radius 2 is 1.72 bits per heavy atom. The molecule has 1 aliphatic carbocycles. The third kappa shape index (κ3) is 6.53. The number of nitrogens with zero attached hydrogens (tertiary/aromatic N) is 3. The molecule has 5 rings (SSSR count). The van der Waals surface area contributed by atoms with E-state index in [0.29, 0.717) is 44.1 Å². The van der Waals surface area contributed by atoms with Crippen molar-refractivity contribution in [3.05, 3.63) is 58.6 Å². The molecule has 2 heterocycles. The normalized spacial score (nSPS) is 20.6. The fraction of sp³-hybridized carbons (Fsp3) is 0.552. The number of carbonyl (C=O) groups excluding carboxylic acids is 1. The van der Waals surface area contributed by atoms with Crippen LogP contribution < -0.4 is 4.18 Å². The number of aryl methyl sites for hydroxylation is 1. The minimum atomic E-state index is -4.03. The molecule has 0 bridgehead atoms. The van der Waals surface area contributed by atoms with E-state index in [0.717, 1.165) is 63.7 Å². The van der Waals surface area contributed by atoms with Gasteiger partial charge in [-0.3, -0.25) is 4.90 Å². The molecule has 3 aliphatic rings. The van der Waals surface area contributed by atoms with E-state index < -0.39 is 10.1 Å². The largest absolute Gasteiger partial charge is 0.379 e. The Morgan fingerprint density at radius 3 is 2.44 bits per heavy atom. The Balaban J connectivity index is 1.24. The molecule has 2 aliphatic heterocycles. The van der Waals surface area contributed by atoms with E-state index in [9.17, 15) is 13.2 Å². The van der Waals surface area contributed by atoms with Crippen molar-refractivity contribution in [2.24, 2.45) is 0 Å². The number of hydrogen-bond donors (Lipinski definition) is 0. The molecule has 2 aromatic rings. The number of urea groups is 1. The van der Waals surface area contributed by atoms with Gasteiger partial charge in [-0.05, 0) is 80.5 Å². The van der Waals surface area contributed by atoms with Crippen molar-refractivity contribution in [1.29, 1.82) is 0 Å². The standard InChI is InChI=1S/C29H38ClN3O5S/c1-2-13-33(24-11-14-31(15-12-24)29(34)32-16-18-37-19-17-32)25-9-7-22-8-10-26(21-23(22)20-25)38-39(35,36)28-6-4-3-5-27(28)30/h3-6,8,10,21,24-25H,2,7,9,11-20H2,1H3. The summed E-state index contributed by atoms with van der Waals surface area (Å²) in [5.74, 6) is 0.311. The van der Waals surface area contributed by atoms with Gasteiger partial charge in [0.1, 0.15) is 10.6 Å². The Hall–Kier alpha value is -2.33. The number of rotatable bonds is 7. The molecule has 0 spiro atoms. The van der Waals surface area contributed by atoms with Crippen LogP contribution in [0.2, 0.25) is 5.02 Å². The van der Waals surface area contributed by atoms with Crippen molar-refractivity contribution in [2.75, 3.05) is 45.9 Å². The first-order chi connectivity index (χ1) is 18.9. The summed E-state index contributed by atoms with van der Waals surface area (Å²) in [6.07, 6.45) is 5.88. The van der Waals surface area contributed by atoms with Crippen molar-refractivity contribution in [3.8, 4) is 5.75 Å². The quantitative estimate of drug-likeness (QED) is 0.449. The predicted octanol–water partition coefficient (Wildman–Crippen LogP) is 4.59. The maximum absolute atomic E-state index is 13.0. The van der Waals surface area contributed by atoms with Crippen LogP contribution in [-0.4, -0.2) is 87.2 Å². The van der Waals surface area contributed by atoms with E-state index in [-0.39, 0.29) is 15.9 Å². The van der Waals surface area contributed by atoms with E-state index >= 15 is 0 Å². The van der Waals surface area contributed by atoms with Crippen LogP contribution in [0, 0.1) is 0 Å². The van der Waals surface area contributed by atoms with Crippen molar-refractivity contribution < 1.29 is 22.1 Å². The van der Waals surface area contributed by atoms with Gasteiger partial charge in [0.25, 0.3) is 0 Å². The smallest absolute Gasteiger partial charge is 0.340 e. The number of fused-ring (bicyclic) bond motifs is 1. The Bertz CT molecular complexity index is 1260. The first-order valence-electron chi connectivity index (χ1n) is 14.0. The predicted molar refractivity (Wildman–Crippen MR) is 151 cm³/mol. The second-order valence-electron chi connectivity index (χ2n) is 10.6. The summed E-state index contributed by atoms with van der Waals surface area (Å²) in [6, 6.07) is 12.9. The highest BCUT2D eigenvalue weighted by atomic mass is 35.5. The van der Waals surface area contributed by atoms with Gasteiger partial charge in [0.05, 0.1) is 18.2 Å². The first-order valence-corrected chi connectivity index (χ1v) is 15.8. The molecule has 39 heavy (non-hydrogen) atoms. The summed E-state index contributed by atoms with van der Waals surface area (Å²) in [5.41, 5.74) is 2.38. The topological polar surface area (TPSA) is 79.4 Å². The number of piperidine rings is 1. The van der Waals surface area contributed by atoms with Crippen LogP contribution in [0.15, 0.2) is 47.4 Å². The average molecular weight is 576 g/mol. The highest BCUT2D eigenvalue weighted by Crippen LogP contribution is 2.32. The Morgan fingerprint density at radius 1 is 1.00 bits per heavy atom. The minimum Gasteiger partial charge on any atom is -0.379 e. The van der Waals surface area contributed by atoms with Gasteiger partial charge in [0.2, 0.25) is 0 Å². The number of ether oxygens (including phenoxy) is 1. The van der Waals surface area contributed by atoms with Crippen LogP contribution in [-0.2, 0) is 27.7 Å². The molecule has 2 fully saturated rings. The lowest BCUT2D eigenvalue weighted by Crippen LogP contribution is -2.54. The molecule has 2 saturated heterocycles. The first kappa shape index (κ1) is 28.2. The van der Waals surface area contributed by atoms with Gasteiger partial charge in [-0.15, -0.1) is 0 Å². The highest BCUT2D eigenvalue weighted by Gasteiger charge is 2.34. The van der Waals surface area contributed by atoms with E-state index in [1.54, 1.807) is 24.3 Å². The summed E-state index contributed by atoms with van der Waals surface area (Å²) in [5, 5.41) is 0.142. The molecule has 1 atom stereocenters. The number of carbonyl (C=O) groups is 1. The summed E-state index contributed by atoms with van der Waals surface area (Å²) < 4.78 is 36.7. The number of amides is 2. The summed E-state index contributed by atoms with van der Waals surface area (Å²) in [6.45, 7) is 7.37. The lowest BCUT2D eigenvalue weighted by molar-refractivity contribution is 0.0330. The van der Waals surface area contributed by atoms with Gasteiger partial charge >= 0.3 is 16.1 Å². The molecule has 8 nitrogen and oxygen atoms in total. The van der Waals surface area contributed by atoms with Gasteiger partial charge in [0.15, 0.2) is 0 Å². The molecule has 1 unspecified atom stereocenters. The van der Waals surface area contributed by atoms with Gasteiger partial charge in [-0.1, -0.05) is 36.7 Å². The van der Waals surface area contributed by atoms with Crippen LogP contribution in [0.25, 0.3) is 0 Å². The van der Waals surface area contributed by atoms with Crippen LogP contribution in [0.4, 0.5) is 4.79 Å². The number of likely N-dealkylation sites (tertiary alicyclic amines) is 1. The Kier molecular flexibility index (Phi) is 9.01. The third-order valence-corrected chi connectivity index (χ3v) is 9.88. The molecular formula is C29H38ClN3O5S. The van der Waals surface area contributed by atoms with E-state index in [4.69, 9.17) is 20.5 Å². The minimum absolute atomic E-state index is 0.0326. The molecule has 0 radical (unpaired) electrons. The van der Waals surface area contributed by atoms with E-state index in [2.05, 4.69) is 11.8 Å². The van der Waals surface area contributed by atoms with Crippen LogP contribution in [0.3, 0.4) is 0 Å². The second kappa shape index (κ2) is 12.5. The zero-order valence-corrected chi connectivity index (χ0v) is 24.1. The highest BCUT2D eigenvalue weighted by molar-refractivity contribution is 7.87. The van der Waals surface area contributed by atoms with Gasteiger partial charge in [-0.25, -0.2) is 4.79 Å². The molecule has 212 valence electrons. The second-order valence-corrected chi connectivity index (χ2v) is 12.6. The zero-order chi connectivity index (χ0) is 27.4. The number of morpholine rings is 1. The SMILES string of the molecule is CCCN(C1CCN(C(=O)N2CCOCC2)CC1)C1CCc2ccc(OS(=O)(=O)c3ccccc3Cl)cc2C1. The maximum atomic E-state index is 13.0. The number of halogens is 1. The lowest BCUT2D eigenvalue weighted by Gasteiger charge is -2.44. The van der Waals surface area contributed by atoms with Crippen LogP contribution >= 0.6 is 11.6 Å². The molecule has 0 aromatic heterocycles. The maximum Gasteiger partial charge on any atom is 0.340 e. The summed E-state index contributed by atoms with van der Waals surface area (Å²) in [4.78, 5) is 19.5. The molecule has 2 amide bonds. The van der Waals surface area contributed by atoms with Crippen molar-refractivity contribution in [1.82, 2.24) is 14.7 Å². The monoisotopic (exact) mass is 575 g/mol. The van der Waals surface area contributed by atoms with Crippen LogP contribution in [0.5, 0.6) is 5.75 Å². The summed E-state index contributed by atoms with van der Waals surface area (Å²) >= 11 is 6.12.